The molecular weight excluding hydrogens is 320 g/mol. The van der Waals surface area contributed by atoms with Crippen molar-refractivity contribution in [3.05, 3.63) is 35.1 Å². The predicted molar refractivity (Wildman–Crippen MR) is 74.2 cm³/mol. The van der Waals surface area contributed by atoms with Gasteiger partial charge in [0, 0.05) is 14.1 Å². The normalized spacial score (nSPS) is 11.8. The fourth-order valence-electron chi connectivity index (χ4n) is 1.49. The SMILES string of the molecule is CN(C)S(=O)(=O)c1cccc(-n2ncc(C(=O)O)c2Cl)n1. The number of aromatic carboxylic acids is 1. The summed E-state index contributed by atoms with van der Waals surface area (Å²) in [5.41, 5.74) is -0.195. The highest BCUT2D eigenvalue weighted by molar-refractivity contribution is 7.89. The molecule has 0 saturated carbocycles. The van der Waals surface area contributed by atoms with Crippen LogP contribution in [0.1, 0.15) is 10.4 Å². The van der Waals surface area contributed by atoms with Gasteiger partial charge in [0.25, 0.3) is 10.0 Å². The molecule has 0 aliphatic carbocycles. The smallest absolute Gasteiger partial charge is 0.340 e. The zero-order chi connectivity index (χ0) is 15.8. The van der Waals surface area contributed by atoms with Crippen LogP contribution >= 0.6 is 11.6 Å². The Kier molecular flexibility index (Phi) is 3.99. The maximum Gasteiger partial charge on any atom is 0.340 e. The van der Waals surface area contributed by atoms with E-state index in [0.29, 0.717) is 0 Å². The summed E-state index contributed by atoms with van der Waals surface area (Å²) in [6, 6.07) is 4.27. The topological polar surface area (TPSA) is 105 Å². The number of aromatic nitrogens is 3. The van der Waals surface area contributed by atoms with E-state index in [4.69, 9.17) is 16.7 Å². The first kappa shape index (κ1) is 15.4. The second-order valence-corrected chi connectivity index (χ2v) is 6.64. The van der Waals surface area contributed by atoms with Gasteiger partial charge in [-0.1, -0.05) is 17.7 Å². The summed E-state index contributed by atoms with van der Waals surface area (Å²) in [7, 11) is -0.944. The zero-order valence-corrected chi connectivity index (χ0v) is 12.6. The molecule has 10 heteroatoms. The van der Waals surface area contributed by atoms with Crippen LogP contribution in [0.2, 0.25) is 5.15 Å². The monoisotopic (exact) mass is 330 g/mol. The molecular formula is C11H11ClN4O4S. The van der Waals surface area contributed by atoms with Crippen molar-refractivity contribution >= 4 is 27.6 Å². The quantitative estimate of drug-likeness (QED) is 0.891. The van der Waals surface area contributed by atoms with Gasteiger partial charge in [-0.25, -0.2) is 27.2 Å². The van der Waals surface area contributed by atoms with Gasteiger partial charge in [-0.15, -0.1) is 0 Å². The Hall–Kier alpha value is -1.97. The third-order valence-electron chi connectivity index (χ3n) is 2.61. The van der Waals surface area contributed by atoms with Crippen LogP contribution < -0.4 is 0 Å². The van der Waals surface area contributed by atoms with E-state index in [2.05, 4.69) is 10.1 Å². The molecule has 21 heavy (non-hydrogen) atoms. The van der Waals surface area contributed by atoms with E-state index in [9.17, 15) is 13.2 Å². The van der Waals surface area contributed by atoms with Gasteiger partial charge >= 0.3 is 5.97 Å². The molecule has 0 amide bonds. The molecule has 0 atom stereocenters. The summed E-state index contributed by atoms with van der Waals surface area (Å²) in [6.45, 7) is 0. The van der Waals surface area contributed by atoms with Gasteiger partial charge in [-0.2, -0.15) is 5.10 Å². The largest absolute Gasteiger partial charge is 0.478 e. The Labute approximate surface area is 125 Å². The number of halogens is 1. The predicted octanol–water partition coefficient (Wildman–Crippen LogP) is 0.869. The van der Waals surface area contributed by atoms with Crippen LogP contribution in [-0.2, 0) is 10.0 Å². The summed E-state index contributed by atoms with van der Waals surface area (Å²) >= 11 is 5.90. The first-order valence-electron chi connectivity index (χ1n) is 5.62. The van der Waals surface area contributed by atoms with Crippen LogP contribution in [0.4, 0.5) is 0 Å². The van der Waals surface area contributed by atoms with E-state index in [1.807, 2.05) is 0 Å². The first-order chi connectivity index (χ1) is 9.75. The van der Waals surface area contributed by atoms with Crippen molar-refractivity contribution in [2.45, 2.75) is 5.03 Å². The summed E-state index contributed by atoms with van der Waals surface area (Å²) < 4.78 is 26.1. The van der Waals surface area contributed by atoms with Gasteiger partial charge in [0.2, 0.25) is 0 Å². The number of rotatable bonds is 4. The standard InChI is InChI=1S/C11H11ClN4O4S/c1-15(2)21(19,20)9-5-3-4-8(14-9)16-10(12)7(6-13-16)11(17)18/h3-6H,1-2H3,(H,17,18). The molecule has 0 spiro atoms. The Morgan fingerprint density at radius 2 is 2.05 bits per heavy atom. The van der Waals surface area contributed by atoms with Crippen LogP contribution in [-0.4, -0.2) is 52.7 Å². The van der Waals surface area contributed by atoms with E-state index in [0.717, 1.165) is 15.2 Å². The number of hydrogen-bond donors (Lipinski definition) is 1. The van der Waals surface area contributed by atoms with E-state index < -0.39 is 16.0 Å². The summed E-state index contributed by atoms with van der Waals surface area (Å²) in [4.78, 5) is 14.9. The van der Waals surface area contributed by atoms with E-state index >= 15 is 0 Å². The molecule has 8 nitrogen and oxygen atoms in total. The molecule has 0 aliphatic heterocycles. The Bertz CT molecular complexity index is 800. The molecule has 1 N–H and O–H groups in total. The molecule has 0 radical (unpaired) electrons. The Morgan fingerprint density at radius 1 is 1.38 bits per heavy atom. The molecule has 2 aromatic rings. The minimum absolute atomic E-state index is 0.107. The lowest BCUT2D eigenvalue weighted by molar-refractivity contribution is 0.0697. The van der Waals surface area contributed by atoms with Crippen molar-refractivity contribution in [2.75, 3.05) is 14.1 Å². The minimum Gasteiger partial charge on any atom is -0.478 e. The van der Waals surface area contributed by atoms with Crippen LogP contribution in [0.25, 0.3) is 5.82 Å². The molecule has 2 heterocycles. The van der Waals surface area contributed by atoms with Crippen LogP contribution in [0.3, 0.4) is 0 Å². The van der Waals surface area contributed by atoms with Crippen LogP contribution in [0.15, 0.2) is 29.4 Å². The lowest BCUT2D eigenvalue weighted by Gasteiger charge is -2.11. The molecule has 0 aromatic carbocycles. The van der Waals surface area contributed by atoms with Gasteiger partial charge in [-0.3, -0.25) is 0 Å². The summed E-state index contributed by atoms with van der Waals surface area (Å²) in [5, 5.41) is 12.4. The number of pyridine rings is 1. The molecule has 112 valence electrons. The Morgan fingerprint density at radius 3 is 2.57 bits per heavy atom. The van der Waals surface area contributed by atoms with Crippen molar-refractivity contribution in [1.82, 2.24) is 19.1 Å². The van der Waals surface area contributed by atoms with E-state index in [1.165, 1.54) is 32.3 Å². The van der Waals surface area contributed by atoms with Crippen molar-refractivity contribution in [2.24, 2.45) is 0 Å². The number of carbonyl (C=O) groups is 1. The van der Waals surface area contributed by atoms with Gasteiger partial charge in [0.15, 0.2) is 10.8 Å². The van der Waals surface area contributed by atoms with Crippen molar-refractivity contribution in [3.8, 4) is 5.82 Å². The lowest BCUT2D eigenvalue weighted by Crippen LogP contribution is -2.23. The maximum atomic E-state index is 12.0. The second-order valence-electron chi connectivity index (χ2n) is 4.19. The van der Waals surface area contributed by atoms with Crippen LogP contribution in [0.5, 0.6) is 0 Å². The minimum atomic E-state index is -3.71. The molecule has 2 aromatic heterocycles. The molecule has 0 saturated heterocycles. The number of carboxylic acid groups (broad SMARTS) is 1. The number of carboxylic acids is 1. The van der Waals surface area contributed by atoms with Gasteiger partial charge in [0.1, 0.15) is 10.7 Å². The van der Waals surface area contributed by atoms with Crippen molar-refractivity contribution in [1.29, 1.82) is 0 Å². The fourth-order valence-corrected chi connectivity index (χ4v) is 2.58. The third kappa shape index (κ3) is 2.75. The lowest BCUT2D eigenvalue weighted by atomic mass is 10.4. The van der Waals surface area contributed by atoms with E-state index in [1.54, 1.807) is 0 Å². The fraction of sp³-hybridized carbons (Fsp3) is 0.182. The molecule has 0 fully saturated rings. The Balaban J connectivity index is 2.55. The van der Waals surface area contributed by atoms with Crippen molar-refractivity contribution in [3.63, 3.8) is 0 Å². The second kappa shape index (κ2) is 5.43. The highest BCUT2D eigenvalue weighted by atomic mass is 35.5. The highest BCUT2D eigenvalue weighted by Gasteiger charge is 2.21. The van der Waals surface area contributed by atoms with Crippen LogP contribution in [0, 0.1) is 0 Å². The third-order valence-corrected chi connectivity index (χ3v) is 4.69. The number of nitrogens with zero attached hydrogens (tertiary/aromatic N) is 4. The molecule has 0 unspecified atom stereocenters. The number of sulfonamides is 1. The molecule has 0 bridgehead atoms. The first-order valence-corrected chi connectivity index (χ1v) is 7.43. The van der Waals surface area contributed by atoms with Gasteiger partial charge in [-0.05, 0) is 12.1 Å². The number of hydrogen-bond acceptors (Lipinski definition) is 5. The maximum absolute atomic E-state index is 12.0. The molecule has 2 rings (SSSR count). The zero-order valence-electron chi connectivity index (χ0n) is 11.1. The average molecular weight is 331 g/mol. The highest BCUT2D eigenvalue weighted by Crippen LogP contribution is 2.20. The van der Waals surface area contributed by atoms with Gasteiger partial charge in [0.05, 0.1) is 6.20 Å². The van der Waals surface area contributed by atoms with Crippen molar-refractivity contribution < 1.29 is 18.3 Å². The van der Waals surface area contributed by atoms with Gasteiger partial charge < -0.3 is 5.11 Å². The average Bonchev–Trinajstić information content (AvgIpc) is 2.80. The molecule has 0 aliphatic rings. The summed E-state index contributed by atoms with van der Waals surface area (Å²) in [5.74, 6) is -1.13. The van der Waals surface area contributed by atoms with E-state index in [-0.39, 0.29) is 21.6 Å². The summed E-state index contributed by atoms with van der Waals surface area (Å²) in [6.07, 6.45) is 1.07.